The van der Waals surface area contributed by atoms with Crippen LogP contribution in [0.3, 0.4) is 0 Å². The van der Waals surface area contributed by atoms with Crippen LogP contribution in [0.1, 0.15) is 38.5 Å². The first-order valence-corrected chi connectivity index (χ1v) is 15.0. The zero-order valence-electron chi connectivity index (χ0n) is 24.2. The van der Waals surface area contributed by atoms with Gasteiger partial charge in [0.05, 0.1) is 17.5 Å². The third-order valence-corrected chi connectivity index (χ3v) is 8.87. The fourth-order valence-corrected chi connectivity index (χ4v) is 6.32. The number of carbonyl (C=O) groups is 3. The summed E-state index contributed by atoms with van der Waals surface area (Å²) in [5.74, 6) is -2.29. The van der Waals surface area contributed by atoms with E-state index in [0.717, 1.165) is 30.4 Å². The lowest BCUT2D eigenvalue weighted by atomic mass is 9.93. The highest BCUT2D eigenvalue weighted by molar-refractivity contribution is 5.94. The van der Waals surface area contributed by atoms with Crippen LogP contribution in [0.15, 0.2) is 78.9 Å². The summed E-state index contributed by atoms with van der Waals surface area (Å²) in [6.07, 6.45) is 6.92. The number of aliphatic carboxylic acids is 1. The monoisotopic (exact) mass is 580 g/mol. The van der Waals surface area contributed by atoms with E-state index in [0.29, 0.717) is 36.8 Å². The molecule has 2 amide bonds. The maximum Gasteiger partial charge on any atom is 0.330 e. The van der Waals surface area contributed by atoms with E-state index < -0.39 is 35.4 Å². The van der Waals surface area contributed by atoms with Crippen LogP contribution in [0.5, 0.6) is 5.88 Å². The van der Waals surface area contributed by atoms with Crippen molar-refractivity contribution in [2.75, 3.05) is 13.6 Å². The Morgan fingerprint density at radius 3 is 2.40 bits per heavy atom. The minimum Gasteiger partial charge on any atom is -0.479 e. The number of amides is 2. The van der Waals surface area contributed by atoms with Crippen molar-refractivity contribution in [3.8, 4) is 28.5 Å². The first-order chi connectivity index (χ1) is 20.8. The van der Waals surface area contributed by atoms with Crippen LogP contribution in [0.4, 0.5) is 0 Å². The molecule has 1 aliphatic heterocycles. The Balaban J connectivity index is 1.29. The SMILES string of the molecule is CN1CCCC/C=C\[C@H]2C[C@@]2(C(=O)O)NC(=O)[C@@H]2C[C@@H](Oc3cc(-c4ccccc4)nc(-c4ccccc4)n3)C[C@H]2C1=O. The lowest BCUT2D eigenvalue weighted by Gasteiger charge is -2.26. The zero-order chi connectivity index (χ0) is 30.0. The summed E-state index contributed by atoms with van der Waals surface area (Å²) in [7, 11) is 1.77. The van der Waals surface area contributed by atoms with Gasteiger partial charge in [0, 0.05) is 36.7 Å². The third kappa shape index (κ3) is 6.02. The lowest BCUT2D eigenvalue weighted by molar-refractivity contribution is -0.145. The average molecular weight is 581 g/mol. The minimum absolute atomic E-state index is 0.117. The molecule has 2 aromatic carbocycles. The van der Waals surface area contributed by atoms with E-state index in [1.165, 1.54) is 0 Å². The van der Waals surface area contributed by atoms with Gasteiger partial charge < -0.3 is 20.1 Å². The van der Waals surface area contributed by atoms with Crippen LogP contribution < -0.4 is 10.1 Å². The van der Waals surface area contributed by atoms with E-state index in [9.17, 15) is 19.5 Å². The van der Waals surface area contributed by atoms with E-state index in [2.05, 4.69) is 5.32 Å². The Morgan fingerprint density at radius 1 is 0.977 bits per heavy atom. The number of hydrogen-bond donors (Lipinski definition) is 2. The molecule has 2 heterocycles. The number of allylic oxidation sites excluding steroid dienone is 1. The number of benzene rings is 2. The molecule has 3 aromatic rings. The lowest BCUT2D eigenvalue weighted by Crippen LogP contribution is -2.49. The molecule has 5 atom stereocenters. The number of nitrogens with zero attached hydrogens (tertiary/aromatic N) is 3. The summed E-state index contributed by atoms with van der Waals surface area (Å²) < 4.78 is 6.44. The van der Waals surface area contributed by atoms with Crippen LogP contribution >= 0.6 is 0 Å². The highest BCUT2D eigenvalue weighted by Crippen LogP contribution is 2.46. The maximum absolute atomic E-state index is 13.7. The zero-order valence-corrected chi connectivity index (χ0v) is 24.2. The van der Waals surface area contributed by atoms with Gasteiger partial charge in [-0.1, -0.05) is 72.8 Å². The number of fused-ring (bicyclic) bond motifs is 2. The molecule has 0 radical (unpaired) electrons. The number of ether oxygens (including phenoxy) is 1. The second-order valence-corrected chi connectivity index (χ2v) is 11.8. The molecule has 222 valence electrons. The van der Waals surface area contributed by atoms with E-state index in [4.69, 9.17) is 14.7 Å². The second kappa shape index (κ2) is 12.0. The molecule has 0 unspecified atom stereocenters. The molecular weight excluding hydrogens is 544 g/mol. The number of carboxylic acid groups (broad SMARTS) is 1. The third-order valence-electron chi connectivity index (χ3n) is 8.87. The van der Waals surface area contributed by atoms with E-state index in [1.54, 1.807) is 18.0 Å². The van der Waals surface area contributed by atoms with Gasteiger partial charge in [0.1, 0.15) is 11.6 Å². The largest absolute Gasteiger partial charge is 0.479 e. The van der Waals surface area contributed by atoms with Gasteiger partial charge in [-0.15, -0.1) is 0 Å². The summed E-state index contributed by atoms with van der Waals surface area (Å²) in [5.41, 5.74) is 1.13. The molecule has 2 N–H and O–H groups in total. The van der Waals surface area contributed by atoms with Gasteiger partial charge in [0.15, 0.2) is 5.82 Å². The van der Waals surface area contributed by atoms with Gasteiger partial charge in [-0.3, -0.25) is 9.59 Å². The van der Waals surface area contributed by atoms with Crippen LogP contribution in [-0.4, -0.2) is 63.0 Å². The minimum atomic E-state index is -1.32. The number of carboxylic acids is 1. The Morgan fingerprint density at radius 2 is 1.67 bits per heavy atom. The topological polar surface area (TPSA) is 122 Å². The summed E-state index contributed by atoms with van der Waals surface area (Å²) in [6.45, 7) is 0.596. The normalized spacial score (nSPS) is 28.2. The van der Waals surface area contributed by atoms with Gasteiger partial charge >= 0.3 is 5.97 Å². The van der Waals surface area contributed by atoms with Crippen molar-refractivity contribution in [2.45, 2.75) is 50.2 Å². The smallest absolute Gasteiger partial charge is 0.330 e. The van der Waals surface area contributed by atoms with Gasteiger partial charge in [0.25, 0.3) is 0 Å². The fraction of sp³-hybridized carbons (Fsp3) is 0.382. The highest BCUT2D eigenvalue weighted by Gasteiger charge is 2.61. The molecule has 0 spiro atoms. The summed E-state index contributed by atoms with van der Waals surface area (Å²) in [4.78, 5) is 50.8. The Kier molecular flexibility index (Phi) is 7.97. The Bertz CT molecular complexity index is 1470. The standard InChI is InChI=1S/C34H36N4O5/c1-38-17-11-3-2-10-16-24-21-34(24,33(41)42)37-31(39)26-18-25(19-27(26)32(38)40)43-29-20-28(22-12-6-4-7-13-22)35-30(36-29)23-14-8-5-9-15-23/h4-10,12-16,20,24-27H,2-3,11,17-19,21H2,1H3,(H,37,39)(H,41,42)/b16-10-/t24-,25+,26+,27+,34+/m0/s1. The van der Waals surface area contributed by atoms with Gasteiger partial charge in [-0.05, 0) is 38.5 Å². The van der Waals surface area contributed by atoms with Crippen molar-refractivity contribution in [1.29, 1.82) is 0 Å². The first-order valence-electron chi connectivity index (χ1n) is 15.0. The Hall–Kier alpha value is -4.53. The number of hydrogen-bond acceptors (Lipinski definition) is 6. The molecule has 43 heavy (non-hydrogen) atoms. The Labute approximate surface area is 251 Å². The fourth-order valence-electron chi connectivity index (χ4n) is 6.32. The average Bonchev–Trinajstić information content (AvgIpc) is 3.56. The predicted molar refractivity (Wildman–Crippen MR) is 161 cm³/mol. The van der Waals surface area contributed by atoms with Crippen LogP contribution in [0.2, 0.25) is 0 Å². The van der Waals surface area contributed by atoms with Crippen LogP contribution in [0, 0.1) is 17.8 Å². The van der Waals surface area contributed by atoms with Crippen LogP contribution in [-0.2, 0) is 14.4 Å². The molecule has 3 aliphatic rings. The molecule has 9 nitrogen and oxygen atoms in total. The van der Waals surface area contributed by atoms with Crippen molar-refractivity contribution in [3.63, 3.8) is 0 Å². The molecular formula is C34H36N4O5. The predicted octanol–water partition coefficient (Wildman–Crippen LogP) is 4.74. The number of nitrogens with one attached hydrogen (secondary N) is 1. The van der Waals surface area contributed by atoms with Crippen molar-refractivity contribution >= 4 is 17.8 Å². The molecule has 2 fully saturated rings. The molecule has 1 aromatic heterocycles. The molecule has 2 saturated carbocycles. The van der Waals surface area contributed by atoms with Gasteiger partial charge in [0.2, 0.25) is 17.7 Å². The van der Waals surface area contributed by atoms with Gasteiger partial charge in [-0.25, -0.2) is 9.78 Å². The number of carbonyl (C=O) groups excluding carboxylic acids is 2. The molecule has 2 aliphatic carbocycles. The first kappa shape index (κ1) is 28.6. The van der Waals surface area contributed by atoms with E-state index in [-0.39, 0.29) is 18.2 Å². The van der Waals surface area contributed by atoms with E-state index in [1.807, 2.05) is 72.8 Å². The van der Waals surface area contributed by atoms with E-state index >= 15 is 0 Å². The molecule has 0 bridgehead atoms. The number of rotatable bonds is 5. The summed E-state index contributed by atoms with van der Waals surface area (Å²) >= 11 is 0. The van der Waals surface area contributed by atoms with Crippen molar-refractivity contribution in [2.24, 2.45) is 17.8 Å². The number of aromatic nitrogens is 2. The molecule has 9 heteroatoms. The van der Waals surface area contributed by atoms with Gasteiger partial charge in [-0.2, -0.15) is 4.98 Å². The summed E-state index contributed by atoms with van der Waals surface area (Å²) in [6, 6.07) is 21.2. The second-order valence-electron chi connectivity index (χ2n) is 11.8. The molecule has 0 saturated heterocycles. The molecule has 6 rings (SSSR count). The quantitative estimate of drug-likeness (QED) is 0.418. The summed E-state index contributed by atoms with van der Waals surface area (Å²) in [5, 5.41) is 12.9. The van der Waals surface area contributed by atoms with Crippen molar-refractivity contribution < 1.29 is 24.2 Å². The van der Waals surface area contributed by atoms with Crippen molar-refractivity contribution in [1.82, 2.24) is 20.2 Å². The van der Waals surface area contributed by atoms with Crippen LogP contribution in [0.25, 0.3) is 22.6 Å². The highest BCUT2D eigenvalue weighted by atomic mass is 16.5. The maximum atomic E-state index is 13.7. The van der Waals surface area contributed by atoms with Crippen molar-refractivity contribution in [3.05, 3.63) is 78.9 Å².